The predicted octanol–water partition coefficient (Wildman–Crippen LogP) is 5.05. The Balaban J connectivity index is 2.55. The Bertz CT molecular complexity index is 1170. The van der Waals surface area contributed by atoms with E-state index in [4.69, 9.17) is 34.8 Å². The second kappa shape index (κ2) is 12.3. The van der Waals surface area contributed by atoms with Crippen LogP contribution in [0.15, 0.2) is 36.4 Å². The number of hydrogen-bond acceptors (Lipinski definition) is 4. The lowest BCUT2D eigenvalue weighted by atomic mass is 10.1. The van der Waals surface area contributed by atoms with Crippen molar-refractivity contribution >= 4 is 62.3 Å². The Morgan fingerprint density at radius 2 is 1.66 bits per heavy atom. The molecule has 2 amide bonds. The summed E-state index contributed by atoms with van der Waals surface area (Å²) in [5.74, 6) is -0.944. The Labute approximate surface area is 222 Å². The molecular weight excluding hydrogens is 533 g/mol. The van der Waals surface area contributed by atoms with E-state index < -0.39 is 28.5 Å². The van der Waals surface area contributed by atoms with Crippen molar-refractivity contribution in [3.63, 3.8) is 0 Å². The highest BCUT2D eigenvalue weighted by atomic mass is 35.5. The first-order valence-corrected chi connectivity index (χ1v) is 14.0. The second-order valence-electron chi connectivity index (χ2n) is 8.51. The van der Waals surface area contributed by atoms with Gasteiger partial charge in [-0.15, -0.1) is 0 Å². The third-order valence-electron chi connectivity index (χ3n) is 5.33. The number of nitrogens with one attached hydrogen (secondary N) is 1. The molecule has 192 valence electrons. The zero-order valence-electron chi connectivity index (χ0n) is 20.3. The number of sulfonamides is 1. The van der Waals surface area contributed by atoms with Gasteiger partial charge in [0, 0.05) is 33.2 Å². The quantitative estimate of drug-likeness (QED) is 0.439. The first kappa shape index (κ1) is 29.2. The average molecular weight is 563 g/mol. The van der Waals surface area contributed by atoms with E-state index in [1.54, 1.807) is 44.2 Å². The fourth-order valence-corrected chi connectivity index (χ4v) is 5.18. The molecule has 0 bridgehead atoms. The van der Waals surface area contributed by atoms with E-state index in [2.05, 4.69) is 5.32 Å². The van der Waals surface area contributed by atoms with E-state index in [1.165, 1.54) is 11.0 Å². The van der Waals surface area contributed by atoms with Gasteiger partial charge in [-0.2, -0.15) is 0 Å². The van der Waals surface area contributed by atoms with Crippen molar-refractivity contribution in [2.75, 3.05) is 17.1 Å². The van der Waals surface area contributed by atoms with Crippen LogP contribution in [-0.4, -0.2) is 50.0 Å². The van der Waals surface area contributed by atoms with Gasteiger partial charge in [-0.05, 0) is 57.0 Å². The van der Waals surface area contributed by atoms with Gasteiger partial charge < -0.3 is 10.2 Å². The fraction of sp³-hybridized carbons (Fsp3) is 0.417. The number of hydrogen-bond donors (Lipinski definition) is 1. The standard InChI is InChI=1S/C24H30Cl3N3O4S/c1-6-21(24(32)28-15(2)3)29(13-18-19(26)8-7-9-20(18)27)23(31)14-30(35(5,33)34)22-12-17(25)11-10-16(22)4/h7-12,15,21H,6,13-14H2,1-5H3,(H,28,32). The molecule has 2 rings (SSSR count). The summed E-state index contributed by atoms with van der Waals surface area (Å²) in [6.45, 7) is 6.51. The van der Waals surface area contributed by atoms with Crippen molar-refractivity contribution in [2.45, 2.75) is 52.7 Å². The lowest BCUT2D eigenvalue weighted by Gasteiger charge is -2.34. The van der Waals surface area contributed by atoms with Gasteiger partial charge in [-0.1, -0.05) is 53.9 Å². The van der Waals surface area contributed by atoms with Crippen LogP contribution in [0.1, 0.15) is 38.3 Å². The Morgan fingerprint density at radius 1 is 1.06 bits per heavy atom. The van der Waals surface area contributed by atoms with Gasteiger partial charge in [0.2, 0.25) is 21.8 Å². The predicted molar refractivity (Wildman–Crippen MR) is 143 cm³/mol. The van der Waals surface area contributed by atoms with E-state index in [1.807, 2.05) is 13.8 Å². The van der Waals surface area contributed by atoms with Gasteiger partial charge in [0.25, 0.3) is 0 Å². The third kappa shape index (κ3) is 7.74. The number of carbonyl (C=O) groups is 2. The molecule has 0 saturated carbocycles. The van der Waals surface area contributed by atoms with Crippen LogP contribution in [0.4, 0.5) is 5.69 Å². The number of halogens is 3. The summed E-state index contributed by atoms with van der Waals surface area (Å²) in [4.78, 5) is 28.1. The number of rotatable bonds is 10. The summed E-state index contributed by atoms with van der Waals surface area (Å²) in [5, 5.41) is 3.82. The van der Waals surface area contributed by atoms with E-state index in [0.717, 1.165) is 10.6 Å². The molecule has 0 aliphatic carbocycles. The smallest absolute Gasteiger partial charge is 0.244 e. The number of carbonyl (C=O) groups excluding carboxylic acids is 2. The summed E-state index contributed by atoms with van der Waals surface area (Å²) in [6, 6.07) is 8.72. The molecule has 35 heavy (non-hydrogen) atoms. The van der Waals surface area contributed by atoms with Crippen LogP contribution in [-0.2, 0) is 26.2 Å². The number of amides is 2. The molecule has 0 fully saturated rings. The molecule has 0 aliphatic heterocycles. The molecule has 1 atom stereocenters. The molecule has 2 aromatic carbocycles. The fourth-order valence-electron chi connectivity index (χ4n) is 3.60. The molecule has 2 aromatic rings. The zero-order chi connectivity index (χ0) is 26.5. The molecular formula is C24H30Cl3N3O4S. The highest BCUT2D eigenvalue weighted by molar-refractivity contribution is 7.92. The Hall–Kier alpha value is -2.00. The van der Waals surface area contributed by atoms with E-state index in [-0.39, 0.29) is 24.2 Å². The van der Waals surface area contributed by atoms with Crippen molar-refractivity contribution in [1.82, 2.24) is 10.2 Å². The monoisotopic (exact) mass is 561 g/mol. The van der Waals surface area contributed by atoms with Crippen LogP contribution in [0.5, 0.6) is 0 Å². The highest BCUT2D eigenvalue weighted by Crippen LogP contribution is 2.29. The number of nitrogens with zero attached hydrogens (tertiary/aromatic N) is 2. The molecule has 1 N–H and O–H groups in total. The molecule has 0 spiro atoms. The molecule has 11 heteroatoms. The minimum atomic E-state index is -3.87. The van der Waals surface area contributed by atoms with Crippen molar-refractivity contribution < 1.29 is 18.0 Å². The van der Waals surface area contributed by atoms with Gasteiger partial charge in [-0.25, -0.2) is 8.42 Å². The van der Waals surface area contributed by atoms with Gasteiger partial charge >= 0.3 is 0 Å². The topological polar surface area (TPSA) is 86.8 Å². The maximum Gasteiger partial charge on any atom is 0.244 e. The van der Waals surface area contributed by atoms with Crippen molar-refractivity contribution in [2.24, 2.45) is 0 Å². The average Bonchev–Trinajstić information content (AvgIpc) is 2.74. The Morgan fingerprint density at radius 3 is 2.17 bits per heavy atom. The van der Waals surface area contributed by atoms with Crippen molar-refractivity contribution in [3.8, 4) is 0 Å². The summed E-state index contributed by atoms with van der Waals surface area (Å²) in [7, 11) is -3.87. The largest absolute Gasteiger partial charge is 0.352 e. The lowest BCUT2D eigenvalue weighted by Crippen LogP contribution is -2.53. The normalized spacial score (nSPS) is 12.4. The van der Waals surface area contributed by atoms with Crippen LogP contribution in [0.2, 0.25) is 15.1 Å². The van der Waals surface area contributed by atoms with E-state index >= 15 is 0 Å². The zero-order valence-corrected chi connectivity index (χ0v) is 23.4. The van der Waals surface area contributed by atoms with Crippen LogP contribution in [0.25, 0.3) is 0 Å². The lowest BCUT2D eigenvalue weighted by molar-refractivity contribution is -0.140. The first-order chi connectivity index (χ1) is 16.3. The molecule has 0 radical (unpaired) electrons. The maximum absolute atomic E-state index is 13.7. The summed E-state index contributed by atoms with van der Waals surface area (Å²) in [5.41, 5.74) is 1.37. The molecule has 0 aromatic heterocycles. The molecule has 0 saturated heterocycles. The molecule has 0 heterocycles. The molecule has 7 nitrogen and oxygen atoms in total. The van der Waals surface area contributed by atoms with Gasteiger partial charge in [-0.3, -0.25) is 13.9 Å². The number of aryl methyl sites for hydroxylation is 1. The van der Waals surface area contributed by atoms with E-state index in [9.17, 15) is 18.0 Å². The van der Waals surface area contributed by atoms with Gasteiger partial charge in [0.05, 0.1) is 11.9 Å². The van der Waals surface area contributed by atoms with Gasteiger partial charge in [0.1, 0.15) is 12.6 Å². The highest BCUT2D eigenvalue weighted by Gasteiger charge is 2.33. The van der Waals surface area contributed by atoms with Gasteiger partial charge in [0.15, 0.2) is 0 Å². The maximum atomic E-state index is 13.7. The minimum absolute atomic E-state index is 0.0759. The third-order valence-corrected chi connectivity index (χ3v) is 7.40. The SMILES string of the molecule is CCC(C(=O)NC(C)C)N(Cc1c(Cl)cccc1Cl)C(=O)CN(c1cc(Cl)ccc1C)S(C)(=O)=O. The first-order valence-electron chi connectivity index (χ1n) is 11.0. The van der Waals surface area contributed by atoms with E-state index in [0.29, 0.717) is 32.6 Å². The van der Waals surface area contributed by atoms with Crippen LogP contribution < -0.4 is 9.62 Å². The van der Waals surface area contributed by atoms with Crippen LogP contribution >= 0.6 is 34.8 Å². The van der Waals surface area contributed by atoms with Crippen LogP contribution in [0.3, 0.4) is 0 Å². The summed E-state index contributed by atoms with van der Waals surface area (Å²) < 4.78 is 26.4. The summed E-state index contributed by atoms with van der Waals surface area (Å²) in [6.07, 6.45) is 1.31. The number of benzene rings is 2. The minimum Gasteiger partial charge on any atom is -0.352 e. The molecule has 1 unspecified atom stereocenters. The van der Waals surface area contributed by atoms with Crippen LogP contribution in [0, 0.1) is 6.92 Å². The van der Waals surface area contributed by atoms with Crippen molar-refractivity contribution in [1.29, 1.82) is 0 Å². The Kier molecular flexibility index (Phi) is 10.3. The van der Waals surface area contributed by atoms with Crippen molar-refractivity contribution in [3.05, 3.63) is 62.6 Å². The second-order valence-corrected chi connectivity index (χ2v) is 11.7. The summed E-state index contributed by atoms with van der Waals surface area (Å²) >= 11 is 18.8. The molecule has 0 aliphatic rings. The number of anilines is 1.